The molecule has 0 atom stereocenters. The molecular weight excluding hydrogens is 512 g/mol. The van der Waals surface area contributed by atoms with E-state index >= 15 is 0 Å². The van der Waals surface area contributed by atoms with Crippen LogP contribution in [-0.2, 0) is 19.2 Å². The van der Waals surface area contributed by atoms with Gasteiger partial charge in [-0.1, -0.05) is 38.5 Å². The van der Waals surface area contributed by atoms with Crippen LogP contribution in [0.15, 0.2) is 0 Å². The molecule has 0 bridgehead atoms. The van der Waals surface area contributed by atoms with Crippen LogP contribution < -0.4 is 44.2 Å². The maximum absolute atomic E-state index is 11.6. The summed E-state index contributed by atoms with van der Waals surface area (Å²) < 4.78 is 0. The molecule has 0 saturated carbocycles. The molecule has 12 N–H and O–H groups in total. The summed E-state index contributed by atoms with van der Waals surface area (Å²) in [6, 6.07) is 0. The summed E-state index contributed by atoms with van der Waals surface area (Å²) >= 11 is 0. The highest BCUT2D eigenvalue weighted by atomic mass is 16.2. The van der Waals surface area contributed by atoms with Gasteiger partial charge in [-0.15, -0.1) is 0 Å². The summed E-state index contributed by atoms with van der Waals surface area (Å²) in [5, 5.41) is 10.6. The molecule has 0 aromatic rings. The highest BCUT2D eigenvalue weighted by Gasteiger charge is 2.11. The first kappa shape index (κ1) is 39.9. The molecule has 40 heavy (non-hydrogen) atoms. The van der Waals surface area contributed by atoms with Gasteiger partial charge in [-0.2, -0.15) is 0 Å². The minimum absolute atomic E-state index is 0.121. The van der Waals surface area contributed by atoms with E-state index in [-0.39, 0.29) is 36.7 Å². The van der Waals surface area contributed by atoms with Gasteiger partial charge < -0.3 is 44.2 Å². The second-order valence-electron chi connectivity index (χ2n) is 9.86. The normalized spacial score (nSPS) is 12.2. The molecule has 0 aromatic carbocycles. The molecule has 236 valence electrons. The standard InChI is InChI=1S/C18H38N4O2.C6H16N2.C4H6N2O2/c19-13-7-1-2-9-15-21-18(24)12-6-4-10-16-22-17(23)11-5-3-8-14-20;7-5-3-1-2-4-6-8;7-3-1-5-4(8)2-6-3/h1-16,19-20H2,(H,21,24)(H,22,23);1-8H2;1-2H2,(H,5,8)(H,6,7). The molecule has 0 unspecified atom stereocenters. The molecule has 1 aliphatic rings. The van der Waals surface area contributed by atoms with Gasteiger partial charge in [-0.3, -0.25) is 19.2 Å². The third kappa shape index (κ3) is 33.7. The predicted octanol–water partition coefficient (Wildman–Crippen LogP) is 0.514. The molecule has 1 saturated heterocycles. The van der Waals surface area contributed by atoms with Crippen molar-refractivity contribution < 1.29 is 19.2 Å². The van der Waals surface area contributed by atoms with Crippen LogP contribution in [0.2, 0.25) is 0 Å². The fourth-order valence-corrected chi connectivity index (χ4v) is 3.57. The van der Waals surface area contributed by atoms with Gasteiger partial charge in [0.05, 0.1) is 13.1 Å². The number of hydrogen-bond donors (Lipinski definition) is 8. The first-order chi connectivity index (χ1) is 19.4. The van der Waals surface area contributed by atoms with E-state index in [4.69, 9.17) is 22.9 Å². The summed E-state index contributed by atoms with van der Waals surface area (Å²) in [5.74, 6) is 0.0198. The molecule has 12 nitrogen and oxygen atoms in total. The Morgan fingerprint density at radius 3 is 1.12 bits per heavy atom. The lowest BCUT2D eigenvalue weighted by Gasteiger charge is -2.10. The monoisotopic (exact) mass is 572 g/mol. The number of carbonyl (C=O) groups excluding carboxylic acids is 4. The predicted molar refractivity (Wildman–Crippen MR) is 162 cm³/mol. The zero-order valence-electron chi connectivity index (χ0n) is 24.9. The minimum atomic E-state index is -0.121. The van der Waals surface area contributed by atoms with Crippen LogP contribution in [0.5, 0.6) is 0 Å². The van der Waals surface area contributed by atoms with Gasteiger partial charge >= 0.3 is 0 Å². The SMILES string of the molecule is NCCCCCCN.NCCCCCCNC(=O)CCCCCNC(=O)CCCCCN.O=C1CNC(=O)CN1. The van der Waals surface area contributed by atoms with Crippen LogP contribution in [-0.4, -0.2) is 76.0 Å². The highest BCUT2D eigenvalue weighted by molar-refractivity contribution is 5.92. The second kappa shape index (κ2) is 32.9. The minimum Gasteiger partial charge on any atom is -0.356 e. The number of amides is 4. The summed E-state index contributed by atoms with van der Waals surface area (Å²) in [6.07, 6.45) is 16.0. The van der Waals surface area contributed by atoms with Crippen molar-refractivity contribution in [3.63, 3.8) is 0 Å². The maximum Gasteiger partial charge on any atom is 0.239 e. The van der Waals surface area contributed by atoms with Crippen molar-refractivity contribution in [1.82, 2.24) is 21.3 Å². The zero-order chi connectivity index (χ0) is 30.1. The third-order valence-electron chi connectivity index (χ3n) is 6.01. The smallest absolute Gasteiger partial charge is 0.239 e. The van der Waals surface area contributed by atoms with Gasteiger partial charge in [-0.05, 0) is 77.5 Å². The summed E-state index contributed by atoms with van der Waals surface area (Å²) in [7, 11) is 0. The Morgan fingerprint density at radius 1 is 0.500 bits per heavy atom. The van der Waals surface area contributed by atoms with Crippen LogP contribution in [0.25, 0.3) is 0 Å². The van der Waals surface area contributed by atoms with E-state index in [0.29, 0.717) is 25.9 Å². The van der Waals surface area contributed by atoms with Crippen LogP contribution in [0.1, 0.15) is 103 Å². The molecule has 0 radical (unpaired) electrons. The van der Waals surface area contributed by atoms with E-state index < -0.39 is 0 Å². The molecule has 0 spiro atoms. The van der Waals surface area contributed by atoms with Gasteiger partial charge in [0.2, 0.25) is 23.6 Å². The Labute approximate surface area is 242 Å². The van der Waals surface area contributed by atoms with Crippen molar-refractivity contribution >= 4 is 23.6 Å². The van der Waals surface area contributed by atoms with E-state index in [9.17, 15) is 19.2 Å². The maximum atomic E-state index is 11.6. The molecule has 0 aliphatic carbocycles. The molecule has 1 rings (SSSR count). The van der Waals surface area contributed by atoms with Crippen LogP contribution in [0.4, 0.5) is 0 Å². The fourth-order valence-electron chi connectivity index (χ4n) is 3.57. The average Bonchev–Trinajstić information content (AvgIpc) is 2.95. The molecule has 1 fully saturated rings. The van der Waals surface area contributed by atoms with E-state index in [2.05, 4.69) is 21.3 Å². The molecule has 1 heterocycles. The van der Waals surface area contributed by atoms with E-state index in [1.807, 2.05) is 0 Å². The van der Waals surface area contributed by atoms with E-state index in [0.717, 1.165) is 103 Å². The number of nitrogens with two attached hydrogens (primary N) is 4. The lowest BCUT2D eigenvalue weighted by Crippen LogP contribution is -2.48. The lowest BCUT2D eigenvalue weighted by molar-refractivity contribution is -0.130. The van der Waals surface area contributed by atoms with Crippen molar-refractivity contribution in [3.8, 4) is 0 Å². The number of unbranched alkanes of at least 4 members (excludes halogenated alkanes) is 10. The van der Waals surface area contributed by atoms with Crippen molar-refractivity contribution in [2.45, 2.75) is 103 Å². The Kier molecular flexibility index (Phi) is 32.8. The molecular formula is C28H60N8O4. The number of carbonyl (C=O) groups is 4. The Balaban J connectivity index is 0. The Morgan fingerprint density at radius 2 is 0.800 bits per heavy atom. The van der Waals surface area contributed by atoms with Gasteiger partial charge in [0, 0.05) is 25.9 Å². The largest absolute Gasteiger partial charge is 0.356 e. The van der Waals surface area contributed by atoms with Gasteiger partial charge in [-0.25, -0.2) is 0 Å². The van der Waals surface area contributed by atoms with Crippen molar-refractivity contribution in [1.29, 1.82) is 0 Å². The number of hydrogen-bond acceptors (Lipinski definition) is 8. The van der Waals surface area contributed by atoms with Gasteiger partial charge in [0.25, 0.3) is 0 Å². The van der Waals surface area contributed by atoms with Crippen LogP contribution in [0, 0.1) is 0 Å². The highest BCUT2D eigenvalue weighted by Crippen LogP contribution is 2.02. The first-order valence-electron chi connectivity index (χ1n) is 15.3. The summed E-state index contributed by atoms with van der Waals surface area (Å²) in [4.78, 5) is 43.7. The van der Waals surface area contributed by atoms with Gasteiger partial charge in [0.15, 0.2) is 0 Å². The Bertz CT molecular complexity index is 589. The quantitative estimate of drug-likeness (QED) is 0.0852. The zero-order valence-corrected chi connectivity index (χ0v) is 24.9. The molecule has 1 aliphatic heterocycles. The van der Waals surface area contributed by atoms with Crippen LogP contribution in [0.3, 0.4) is 0 Å². The topological polar surface area (TPSA) is 220 Å². The fraction of sp³-hybridized carbons (Fsp3) is 0.857. The number of nitrogens with one attached hydrogen (secondary N) is 4. The molecule has 4 amide bonds. The van der Waals surface area contributed by atoms with E-state index in [1.54, 1.807) is 0 Å². The first-order valence-corrected chi connectivity index (χ1v) is 15.3. The number of rotatable bonds is 22. The van der Waals surface area contributed by atoms with Crippen LogP contribution >= 0.6 is 0 Å². The third-order valence-corrected chi connectivity index (χ3v) is 6.01. The van der Waals surface area contributed by atoms with Crippen molar-refractivity contribution in [2.75, 3.05) is 52.4 Å². The Hall–Kier alpha value is -2.28. The summed E-state index contributed by atoms with van der Waals surface area (Å²) in [5.41, 5.74) is 21.4. The second-order valence-corrected chi connectivity index (χ2v) is 9.86. The molecule has 0 aromatic heterocycles. The summed E-state index contributed by atoms with van der Waals surface area (Å²) in [6.45, 7) is 4.82. The lowest BCUT2D eigenvalue weighted by atomic mass is 10.1. The van der Waals surface area contributed by atoms with Crippen molar-refractivity contribution in [2.24, 2.45) is 22.9 Å². The van der Waals surface area contributed by atoms with E-state index in [1.165, 1.54) is 12.8 Å². The average molecular weight is 573 g/mol. The van der Waals surface area contributed by atoms with Gasteiger partial charge in [0.1, 0.15) is 0 Å². The number of piperazine rings is 1. The van der Waals surface area contributed by atoms with Crippen molar-refractivity contribution in [3.05, 3.63) is 0 Å². The molecule has 12 heteroatoms.